The van der Waals surface area contributed by atoms with E-state index >= 15 is 0 Å². The Morgan fingerprint density at radius 3 is 2.17 bits per heavy atom. The van der Waals surface area contributed by atoms with Gasteiger partial charge in [0.1, 0.15) is 0 Å². The number of hydrogen-bond acceptors (Lipinski definition) is 6. The summed E-state index contributed by atoms with van der Waals surface area (Å²) >= 11 is 0. The molecule has 0 amide bonds. The fourth-order valence-electron chi connectivity index (χ4n) is 5.37. The number of nitrogens with zero attached hydrogens (tertiary/aromatic N) is 3. The number of benzene rings is 4. The van der Waals surface area contributed by atoms with Crippen molar-refractivity contribution in [1.29, 1.82) is 0 Å². The zero-order valence-electron chi connectivity index (χ0n) is 22.9. The van der Waals surface area contributed by atoms with Crippen LogP contribution in [0, 0.1) is 6.92 Å². The Bertz CT molecular complexity index is 1920. The van der Waals surface area contributed by atoms with E-state index in [0.29, 0.717) is 50.1 Å². The van der Waals surface area contributed by atoms with Gasteiger partial charge >= 0.3 is 11.9 Å². The number of carbonyl (C=O) groups is 2. The van der Waals surface area contributed by atoms with Crippen LogP contribution in [0.4, 0.5) is 0 Å². The highest BCUT2D eigenvalue weighted by atomic mass is 16.5. The van der Waals surface area contributed by atoms with Crippen molar-refractivity contribution < 1.29 is 19.1 Å². The van der Waals surface area contributed by atoms with E-state index in [1.807, 2.05) is 97.9 Å². The van der Waals surface area contributed by atoms with Crippen molar-refractivity contribution in [2.75, 3.05) is 13.7 Å². The first-order valence-corrected chi connectivity index (χ1v) is 13.3. The summed E-state index contributed by atoms with van der Waals surface area (Å²) in [6.45, 7) is 3.86. The van der Waals surface area contributed by atoms with Gasteiger partial charge in [-0.15, -0.1) is 0 Å². The van der Waals surface area contributed by atoms with Crippen LogP contribution in [0.1, 0.15) is 33.3 Å². The molecule has 0 spiro atoms. The van der Waals surface area contributed by atoms with Crippen molar-refractivity contribution in [3.05, 3.63) is 114 Å². The van der Waals surface area contributed by atoms with Crippen molar-refractivity contribution in [3.8, 4) is 28.1 Å². The lowest BCUT2D eigenvalue weighted by molar-refractivity contribution is 0.0527. The molecule has 0 unspecified atom stereocenters. The molecule has 2 aromatic heterocycles. The maximum atomic E-state index is 13.9. The van der Waals surface area contributed by atoms with E-state index in [2.05, 4.69) is 0 Å². The van der Waals surface area contributed by atoms with Gasteiger partial charge < -0.3 is 9.47 Å². The third kappa shape index (κ3) is 4.41. The van der Waals surface area contributed by atoms with Crippen molar-refractivity contribution in [2.45, 2.75) is 13.8 Å². The van der Waals surface area contributed by atoms with E-state index in [4.69, 9.17) is 19.6 Å². The topological polar surface area (TPSA) is 83.3 Å². The van der Waals surface area contributed by atoms with Crippen LogP contribution in [-0.4, -0.2) is 40.4 Å². The van der Waals surface area contributed by atoms with Gasteiger partial charge in [-0.3, -0.25) is 0 Å². The molecule has 0 radical (unpaired) electrons. The largest absolute Gasteiger partial charge is 0.465 e. The molecule has 0 saturated heterocycles. The number of para-hydroxylation sites is 1. The number of aryl methyl sites for hydroxylation is 1. The zero-order valence-corrected chi connectivity index (χ0v) is 22.9. The average Bonchev–Trinajstić information content (AvgIpc) is 3.36. The molecule has 7 nitrogen and oxygen atoms in total. The van der Waals surface area contributed by atoms with Crippen LogP contribution in [0.5, 0.6) is 0 Å². The molecule has 0 bridgehead atoms. The van der Waals surface area contributed by atoms with Gasteiger partial charge in [0.05, 0.1) is 47.3 Å². The predicted molar refractivity (Wildman–Crippen MR) is 159 cm³/mol. The molecule has 0 aliphatic carbocycles. The summed E-state index contributed by atoms with van der Waals surface area (Å²) in [5.41, 5.74) is 5.33. The second kappa shape index (κ2) is 10.7. The second-order valence-corrected chi connectivity index (χ2v) is 9.53. The molecule has 6 aromatic rings. The van der Waals surface area contributed by atoms with E-state index < -0.39 is 11.9 Å². The summed E-state index contributed by atoms with van der Waals surface area (Å²) in [6.07, 6.45) is 0. The third-order valence-electron chi connectivity index (χ3n) is 7.10. The lowest BCUT2D eigenvalue weighted by Gasteiger charge is -2.18. The number of methoxy groups -OCH3 is 1. The molecule has 2 heterocycles. The van der Waals surface area contributed by atoms with Gasteiger partial charge in [-0.2, -0.15) is 5.10 Å². The zero-order chi connectivity index (χ0) is 28.5. The van der Waals surface area contributed by atoms with Gasteiger partial charge in [-0.25, -0.2) is 19.3 Å². The van der Waals surface area contributed by atoms with E-state index in [1.165, 1.54) is 7.11 Å². The first-order valence-electron chi connectivity index (χ1n) is 13.3. The summed E-state index contributed by atoms with van der Waals surface area (Å²) in [7, 11) is 1.36. The number of hydrogen-bond donors (Lipinski definition) is 0. The maximum Gasteiger partial charge on any atom is 0.341 e. The molecule has 41 heavy (non-hydrogen) atoms. The molecule has 0 fully saturated rings. The average molecular weight is 542 g/mol. The number of ether oxygens (including phenoxy) is 2. The number of aromatic nitrogens is 3. The second-order valence-electron chi connectivity index (χ2n) is 9.53. The Balaban J connectivity index is 1.85. The van der Waals surface area contributed by atoms with Crippen LogP contribution < -0.4 is 0 Å². The minimum Gasteiger partial charge on any atom is -0.465 e. The number of esters is 2. The van der Waals surface area contributed by atoms with Crippen molar-refractivity contribution >= 4 is 33.7 Å². The van der Waals surface area contributed by atoms with Crippen LogP contribution in [0.3, 0.4) is 0 Å². The molecular formula is C34H27N3O4. The van der Waals surface area contributed by atoms with Crippen LogP contribution >= 0.6 is 0 Å². The highest BCUT2D eigenvalue weighted by Gasteiger charge is 2.29. The Kier molecular flexibility index (Phi) is 6.77. The number of rotatable bonds is 6. The first kappa shape index (κ1) is 26.0. The van der Waals surface area contributed by atoms with Crippen LogP contribution in [0.2, 0.25) is 0 Å². The van der Waals surface area contributed by atoms with Crippen LogP contribution in [0.15, 0.2) is 97.1 Å². The summed E-state index contributed by atoms with van der Waals surface area (Å²) in [5.74, 6) is -0.971. The lowest BCUT2D eigenvalue weighted by atomic mass is 9.88. The fraction of sp³-hybridized carbons (Fsp3) is 0.118. The first-order chi connectivity index (χ1) is 20.0. The summed E-state index contributed by atoms with van der Waals surface area (Å²) in [6, 6.07) is 30.6. The fourth-order valence-corrected chi connectivity index (χ4v) is 5.37. The van der Waals surface area contributed by atoms with E-state index in [-0.39, 0.29) is 6.61 Å². The third-order valence-corrected chi connectivity index (χ3v) is 7.10. The molecule has 202 valence electrons. The minimum atomic E-state index is -0.504. The van der Waals surface area contributed by atoms with Crippen molar-refractivity contribution in [3.63, 3.8) is 0 Å². The molecule has 0 aliphatic rings. The van der Waals surface area contributed by atoms with Gasteiger partial charge in [0.15, 0.2) is 5.65 Å². The highest BCUT2D eigenvalue weighted by molar-refractivity contribution is 6.18. The number of carbonyl (C=O) groups excluding carboxylic acids is 2. The van der Waals surface area contributed by atoms with Gasteiger partial charge in [-0.05, 0) is 43.0 Å². The molecule has 0 N–H and O–H groups in total. The highest BCUT2D eigenvalue weighted by Crippen LogP contribution is 2.43. The Morgan fingerprint density at radius 2 is 1.49 bits per heavy atom. The van der Waals surface area contributed by atoms with Crippen LogP contribution in [-0.2, 0) is 9.47 Å². The quantitative estimate of drug-likeness (QED) is 0.208. The van der Waals surface area contributed by atoms with E-state index in [0.717, 1.165) is 16.6 Å². The predicted octanol–water partition coefficient (Wildman–Crippen LogP) is 7.18. The monoisotopic (exact) mass is 541 g/mol. The molecule has 0 saturated carbocycles. The van der Waals surface area contributed by atoms with Gasteiger partial charge in [0.2, 0.25) is 0 Å². The van der Waals surface area contributed by atoms with E-state index in [9.17, 15) is 9.59 Å². The van der Waals surface area contributed by atoms with E-state index in [1.54, 1.807) is 17.7 Å². The molecule has 7 heteroatoms. The molecule has 6 rings (SSSR count). The standard InChI is InChI=1S/C34H27N3O4/c1-4-41-34(39)30-29(25-19-11-15-22-16-12-20-26(28(22)25)33(38)40-3)27-21(2)36-37(24-17-9-6-10-18-24)32(27)35-31(30)23-13-7-5-8-14-23/h5-20H,4H2,1-3H3. The van der Waals surface area contributed by atoms with Gasteiger partial charge in [0.25, 0.3) is 0 Å². The summed E-state index contributed by atoms with van der Waals surface area (Å²) in [4.78, 5) is 32.0. The molecule has 4 aromatic carbocycles. The minimum absolute atomic E-state index is 0.190. The van der Waals surface area contributed by atoms with Gasteiger partial charge in [0, 0.05) is 16.5 Å². The summed E-state index contributed by atoms with van der Waals surface area (Å²) < 4.78 is 12.6. The Labute approximate surface area is 237 Å². The molecule has 0 aliphatic heterocycles. The Hall–Kier alpha value is -5.30. The normalized spacial score (nSPS) is 11.1. The molecular weight excluding hydrogens is 514 g/mol. The number of pyridine rings is 1. The Morgan fingerprint density at radius 1 is 0.805 bits per heavy atom. The van der Waals surface area contributed by atoms with Gasteiger partial charge in [-0.1, -0.05) is 78.9 Å². The van der Waals surface area contributed by atoms with Crippen molar-refractivity contribution in [2.24, 2.45) is 0 Å². The molecule has 0 atom stereocenters. The van der Waals surface area contributed by atoms with Crippen LogP contribution in [0.25, 0.3) is 49.9 Å². The summed E-state index contributed by atoms with van der Waals surface area (Å²) in [5, 5.41) is 7.09. The number of fused-ring (bicyclic) bond motifs is 2. The lowest BCUT2D eigenvalue weighted by Crippen LogP contribution is -2.12. The maximum absolute atomic E-state index is 13.9. The smallest absolute Gasteiger partial charge is 0.341 e. The SMILES string of the molecule is CCOC(=O)c1c(-c2ccccc2)nc2c(c(C)nn2-c2ccccc2)c1-c1cccc2cccc(C(=O)OC)c12. The van der Waals surface area contributed by atoms with Crippen molar-refractivity contribution in [1.82, 2.24) is 14.8 Å².